The number of rotatable bonds is 55. The first-order valence-electron chi connectivity index (χ1n) is 33.1. The molecular formula is C70H121NO10. The lowest BCUT2D eigenvalue weighted by Gasteiger charge is -2.41. The first kappa shape index (κ1) is 75.6. The minimum atomic E-state index is -1.62. The Labute approximate surface area is 495 Å². The van der Waals surface area contributed by atoms with Crippen LogP contribution in [-0.4, -0.2) is 99.6 Å². The summed E-state index contributed by atoms with van der Waals surface area (Å²) < 4.78 is 17.6. The number of hydrogen-bond donors (Lipinski definition) is 6. The van der Waals surface area contributed by atoms with Gasteiger partial charge in [-0.25, -0.2) is 0 Å². The average Bonchev–Trinajstić information content (AvgIpc) is 3.46. The molecule has 1 fully saturated rings. The first-order chi connectivity index (χ1) is 39.7. The van der Waals surface area contributed by atoms with Crippen molar-refractivity contribution in [3.8, 4) is 0 Å². The van der Waals surface area contributed by atoms with E-state index in [1.165, 1.54) is 135 Å². The highest BCUT2D eigenvalue weighted by Gasteiger charge is 2.47. The molecule has 11 nitrogen and oxygen atoms in total. The van der Waals surface area contributed by atoms with Crippen molar-refractivity contribution < 1.29 is 49.3 Å². The summed E-state index contributed by atoms with van der Waals surface area (Å²) in [5.74, 6) is -1.22. The van der Waals surface area contributed by atoms with Gasteiger partial charge in [0.2, 0.25) is 5.91 Å². The second kappa shape index (κ2) is 57.0. The Morgan fingerprint density at radius 1 is 0.506 bits per heavy atom. The van der Waals surface area contributed by atoms with E-state index in [1.54, 1.807) is 6.08 Å². The fourth-order valence-corrected chi connectivity index (χ4v) is 9.85. The molecule has 0 aromatic rings. The number of hydrogen-bond acceptors (Lipinski definition) is 10. The van der Waals surface area contributed by atoms with Gasteiger partial charge in [-0.2, -0.15) is 0 Å². The van der Waals surface area contributed by atoms with Gasteiger partial charge in [-0.05, 0) is 83.5 Å². The van der Waals surface area contributed by atoms with Gasteiger partial charge in [0.25, 0.3) is 0 Å². The number of allylic oxidation sites excluding steroid dienone is 15. The van der Waals surface area contributed by atoms with E-state index in [9.17, 15) is 35.1 Å². The Morgan fingerprint density at radius 3 is 1.47 bits per heavy atom. The number of carbonyl (C=O) groups is 2. The van der Waals surface area contributed by atoms with E-state index in [2.05, 4.69) is 74.7 Å². The second-order valence-electron chi connectivity index (χ2n) is 22.6. The lowest BCUT2D eigenvalue weighted by Crippen LogP contribution is -2.61. The molecule has 1 amide bonds. The molecule has 0 aromatic heterocycles. The van der Waals surface area contributed by atoms with E-state index < -0.39 is 67.4 Å². The van der Waals surface area contributed by atoms with Gasteiger partial charge in [-0.3, -0.25) is 9.59 Å². The van der Waals surface area contributed by atoms with E-state index in [4.69, 9.17) is 14.2 Å². The molecule has 8 atom stereocenters. The van der Waals surface area contributed by atoms with Crippen LogP contribution in [0.15, 0.2) is 97.2 Å². The number of aliphatic hydroxyl groups excluding tert-OH is 5. The topological polar surface area (TPSA) is 175 Å². The zero-order valence-corrected chi connectivity index (χ0v) is 51.6. The SMILES string of the molecule is CC/C=C/C=C/C=C/C=C\CCCCCCC(O)C(=O)NC(COC1OC(CO)C(O)C(O)C1OC(=O)CCCCCCCCCCCCCC/C=C\C/C=C\C/C=C\CCCCC)C(O)/C=C/CCCCCCCCCCCCC. The van der Waals surface area contributed by atoms with Gasteiger partial charge in [0.1, 0.15) is 24.4 Å². The average molecular weight is 1140 g/mol. The summed E-state index contributed by atoms with van der Waals surface area (Å²) in [6, 6.07) is -1.04. The van der Waals surface area contributed by atoms with Crippen molar-refractivity contribution in [3.05, 3.63) is 97.2 Å². The van der Waals surface area contributed by atoms with Gasteiger partial charge in [-0.15, -0.1) is 0 Å². The summed E-state index contributed by atoms with van der Waals surface area (Å²) >= 11 is 0. The number of amides is 1. The Morgan fingerprint density at radius 2 is 0.938 bits per heavy atom. The number of nitrogens with one attached hydrogen (secondary N) is 1. The van der Waals surface area contributed by atoms with Gasteiger partial charge >= 0.3 is 5.97 Å². The van der Waals surface area contributed by atoms with Crippen LogP contribution in [-0.2, 0) is 23.8 Å². The van der Waals surface area contributed by atoms with Crippen LogP contribution in [0.25, 0.3) is 0 Å². The van der Waals surface area contributed by atoms with Crippen molar-refractivity contribution >= 4 is 11.9 Å². The molecule has 1 saturated heterocycles. The predicted octanol–water partition coefficient (Wildman–Crippen LogP) is 16.3. The number of carbonyl (C=O) groups excluding carboxylic acids is 2. The van der Waals surface area contributed by atoms with Gasteiger partial charge in [-0.1, -0.05) is 279 Å². The molecule has 0 radical (unpaired) electrons. The summed E-state index contributed by atoms with van der Waals surface area (Å²) in [5, 5.41) is 57.0. The van der Waals surface area contributed by atoms with Crippen molar-refractivity contribution in [2.75, 3.05) is 13.2 Å². The summed E-state index contributed by atoms with van der Waals surface area (Å²) in [5.41, 5.74) is 0. The maximum Gasteiger partial charge on any atom is 0.306 e. The molecule has 0 spiro atoms. The lowest BCUT2D eigenvalue weighted by molar-refractivity contribution is -0.305. The normalized spacial score (nSPS) is 19.3. The van der Waals surface area contributed by atoms with Gasteiger partial charge in [0.05, 0.1) is 25.4 Å². The number of esters is 1. The van der Waals surface area contributed by atoms with Crippen LogP contribution in [0.1, 0.15) is 271 Å². The van der Waals surface area contributed by atoms with Crippen molar-refractivity contribution in [2.45, 2.75) is 320 Å². The monoisotopic (exact) mass is 1140 g/mol. The molecule has 0 aromatic carbocycles. The molecule has 0 aliphatic carbocycles. The van der Waals surface area contributed by atoms with Crippen molar-refractivity contribution in [1.29, 1.82) is 0 Å². The highest BCUT2D eigenvalue weighted by Crippen LogP contribution is 2.26. The molecule has 0 saturated carbocycles. The quantitative estimate of drug-likeness (QED) is 0.0149. The Bertz CT molecular complexity index is 1690. The fraction of sp³-hybridized carbons (Fsp3) is 0.743. The molecule has 11 heteroatoms. The molecule has 466 valence electrons. The first-order valence-corrected chi connectivity index (χ1v) is 33.1. The molecular weight excluding hydrogens is 1010 g/mol. The van der Waals surface area contributed by atoms with Crippen LogP contribution in [0.5, 0.6) is 0 Å². The Balaban J connectivity index is 2.61. The molecule has 6 N–H and O–H groups in total. The Hall–Kier alpha value is -3.42. The highest BCUT2D eigenvalue weighted by molar-refractivity contribution is 5.80. The summed E-state index contributed by atoms with van der Waals surface area (Å²) in [4.78, 5) is 26.6. The molecule has 0 bridgehead atoms. The van der Waals surface area contributed by atoms with E-state index in [0.717, 1.165) is 89.9 Å². The molecule has 1 aliphatic rings. The predicted molar refractivity (Wildman–Crippen MR) is 338 cm³/mol. The van der Waals surface area contributed by atoms with E-state index in [1.807, 2.05) is 42.5 Å². The third-order valence-corrected chi connectivity index (χ3v) is 15.1. The van der Waals surface area contributed by atoms with Gasteiger partial charge in [0.15, 0.2) is 12.4 Å². The largest absolute Gasteiger partial charge is 0.454 e. The maximum absolute atomic E-state index is 13.4. The molecule has 1 heterocycles. The van der Waals surface area contributed by atoms with E-state index >= 15 is 0 Å². The number of aliphatic hydroxyl groups is 5. The summed E-state index contributed by atoms with van der Waals surface area (Å²) in [6.45, 7) is 5.61. The smallest absolute Gasteiger partial charge is 0.306 e. The van der Waals surface area contributed by atoms with Crippen LogP contribution in [0.3, 0.4) is 0 Å². The minimum Gasteiger partial charge on any atom is -0.454 e. The summed E-state index contributed by atoms with van der Waals surface area (Å²) in [7, 11) is 0. The number of unbranched alkanes of at least 4 members (excludes halogenated alkanes) is 30. The van der Waals surface area contributed by atoms with Crippen LogP contribution in [0, 0.1) is 0 Å². The van der Waals surface area contributed by atoms with Crippen LogP contribution >= 0.6 is 0 Å². The maximum atomic E-state index is 13.4. The summed E-state index contributed by atoms with van der Waals surface area (Å²) in [6.07, 6.45) is 65.9. The van der Waals surface area contributed by atoms with Gasteiger partial charge < -0.3 is 45.1 Å². The molecule has 1 aliphatic heterocycles. The third-order valence-electron chi connectivity index (χ3n) is 15.1. The third kappa shape index (κ3) is 44.7. The second-order valence-corrected chi connectivity index (χ2v) is 22.6. The minimum absolute atomic E-state index is 0.114. The van der Waals surface area contributed by atoms with Crippen molar-refractivity contribution in [1.82, 2.24) is 5.32 Å². The molecule has 81 heavy (non-hydrogen) atoms. The van der Waals surface area contributed by atoms with Crippen LogP contribution in [0.4, 0.5) is 0 Å². The lowest BCUT2D eigenvalue weighted by atomic mass is 9.99. The van der Waals surface area contributed by atoms with Crippen molar-refractivity contribution in [2.24, 2.45) is 0 Å². The fourth-order valence-electron chi connectivity index (χ4n) is 9.85. The highest BCUT2D eigenvalue weighted by atomic mass is 16.7. The molecule has 1 rings (SSSR count). The van der Waals surface area contributed by atoms with Crippen LogP contribution < -0.4 is 5.32 Å². The Kier molecular flexibility index (Phi) is 53.2. The van der Waals surface area contributed by atoms with E-state index in [0.29, 0.717) is 12.8 Å². The zero-order chi connectivity index (χ0) is 58.9. The number of ether oxygens (including phenoxy) is 3. The van der Waals surface area contributed by atoms with Gasteiger partial charge in [0, 0.05) is 6.42 Å². The standard InChI is InChI=1S/C70H121NO10/c1-4-7-10-13-16-19-22-25-27-28-29-30-31-32-33-34-35-36-37-40-43-46-49-52-55-58-65(75)81-68-67(77)66(76)64(59-72)80-70(68)79-60-61(62(73)56-53-50-47-44-41-38-24-21-18-15-12-9-6-3)71-69(78)63(74)57-54-51-48-45-42-39-26-23-20-17-14-11-8-5-2/h8,11,14,16-17,19-20,23,25-27,29-30,39,53,56,61-64,66-68,70,72-74,76-77H,4-7,9-10,12-13,15,18,21-22,24,28,31-38,40-52,54-55,57-60H2,1-3H3,(H,71,78)/b11-8+,17-14+,19-16-,23-20+,27-25-,30-29-,39-26-,56-53+. The zero-order valence-electron chi connectivity index (χ0n) is 51.6. The van der Waals surface area contributed by atoms with Crippen molar-refractivity contribution in [3.63, 3.8) is 0 Å². The molecule has 8 unspecified atom stereocenters. The van der Waals surface area contributed by atoms with E-state index in [-0.39, 0.29) is 19.4 Å². The van der Waals surface area contributed by atoms with Crippen LogP contribution in [0.2, 0.25) is 0 Å².